The van der Waals surface area contributed by atoms with E-state index in [9.17, 15) is 9.59 Å². The SMILES string of the molecule is Cc1cc(C)c(NC(=O)C(C)(C)C(=O)NC(C)(C)C)c(Cl)c1. The van der Waals surface area contributed by atoms with E-state index in [1.165, 1.54) is 0 Å². The Kier molecular flexibility index (Phi) is 5.29. The summed E-state index contributed by atoms with van der Waals surface area (Å²) < 4.78 is 0. The number of aryl methyl sites for hydroxylation is 2. The number of nitrogens with one attached hydrogen (secondary N) is 2. The number of halogens is 1. The highest BCUT2D eigenvalue weighted by molar-refractivity contribution is 6.34. The molecule has 22 heavy (non-hydrogen) atoms. The Morgan fingerprint density at radius 1 is 1.00 bits per heavy atom. The fourth-order valence-electron chi connectivity index (χ4n) is 1.94. The molecule has 0 aromatic heterocycles. The minimum Gasteiger partial charge on any atom is -0.351 e. The molecule has 0 saturated carbocycles. The lowest BCUT2D eigenvalue weighted by molar-refractivity contribution is -0.139. The van der Waals surface area contributed by atoms with Gasteiger partial charge in [-0.25, -0.2) is 0 Å². The summed E-state index contributed by atoms with van der Waals surface area (Å²) in [6.07, 6.45) is 0. The van der Waals surface area contributed by atoms with Gasteiger partial charge in [0.2, 0.25) is 11.8 Å². The average Bonchev–Trinajstić information content (AvgIpc) is 2.30. The first kappa shape index (κ1) is 18.5. The average molecular weight is 325 g/mol. The first-order valence-corrected chi connectivity index (χ1v) is 7.63. The van der Waals surface area contributed by atoms with Crippen LogP contribution in [0.5, 0.6) is 0 Å². The molecule has 0 aliphatic heterocycles. The van der Waals surface area contributed by atoms with Crippen molar-refractivity contribution in [3.8, 4) is 0 Å². The topological polar surface area (TPSA) is 58.2 Å². The number of benzene rings is 1. The van der Waals surface area contributed by atoms with E-state index < -0.39 is 11.0 Å². The molecule has 0 atom stereocenters. The van der Waals surface area contributed by atoms with Crippen LogP contribution in [0.1, 0.15) is 45.7 Å². The van der Waals surface area contributed by atoms with Gasteiger partial charge in [0, 0.05) is 5.54 Å². The molecule has 4 nitrogen and oxygen atoms in total. The Morgan fingerprint density at radius 3 is 2.00 bits per heavy atom. The summed E-state index contributed by atoms with van der Waals surface area (Å²) in [6, 6.07) is 3.72. The minimum absolute atomic E-state index is 0.321. The maximum Gasteiger partial charge on any atom is 0.239 e. The molecule has 0 saturated heterocycles. The lowest BCUT2D eigenvalue weighted by Gasteiger charge is -2.29. The molecular weight excluding hydrogens is 300 g/mol. The predicted molar refractivity (Wildman–Crippen MR) is 91.2 cm³/mol. The van der Waals surface area contributed by atoms with Crippen LogP contribution in [0.4, 0.5) is 5.69 Å². The van der Waals surface area contributed by atoms with E-state index in [4.69, 9.17) is 11.6 Å². The van der Waals surface area contributed by atoms with Gasteiger partial charge in [-0.05, 0) is 65.7 Å². The van der Waals surface area contributed by atoms with Crippen LogP contribution < -0.4 is 10.6 Å². The second kappa shape index (κ2) is 6.29. The van der Waals surface area contributed by atoms with E-state index in [1.807, 2.05) is 40.7 Å². The molecule has 0 fully saturated rings. The zero-order chi connectivity index (χ0) is 17.3. The van der Waals surface area contributed by atoms with Gasteiger partial charge in [-0.3, -0.25) is 9.59 Å². The van der Waals surface area contributed by atoms with Crippen molar-refractivity contribution in [3.05, 3.63) is 28.3 Å². The van der Waals surface area contributed by atoms with E-state index in [-0.39, 0.29) is 11.8 Å². The molecular formula is C17H25ClN2O2. The van der Waals surface area contributed by atoms with Crippen molar-refractivity contribution in [1.29, 1.82) is 0 Å². The lowest BCUT2D eigenvalue weighted by Crippen LogP contribution is -2.51. The molecule has 0 radical (unpaired) electrons. The Balaban J connectivity index is 2.99. The number of rotatable bonds is 3. The molecule has 0 heterocycles. The van der Waals surface area contributed by atoms with E-state index >= 15 is 0 Å². The van der Waals surface area contributed by atoms with E-state index in [0.29, 0.717) is 10.7 Å². The quantitative estimate of drug-likeness (QED) is 0.830. The molecule has 1 rings (SSSR count). The van der Waals surface area contributed by atoms with E-state index in [2.05, 4.69) is 10.6 Å². The first-order valence-electron chi connectivity index (χ1n) is 7.25. The number of hydrogen-bond donors (Lipinski definition) is 2. The second-order valence-electron chi connectivity index (χ2n) is 7.22. The highest BCUT2D eigenvalue weighted by atomic mass is 35.5. The third-order valence-electron chi connectivity index (χ3n) is 3.29. The molecule has 2 N–H and O–H groups in total. The van der Waals surface area contributed by atoms with Crippen molar-refractivity contribution < 1.29 is 9.59 Å². The summed E-state index contributed by atoms with van der Waals surface area (Å²) in [5.41, 5.74) is 0.838. The lowest BCUT2D eigenvalue weighted by atomic mass is 9.89. The van der Waals surface area contributed by atoms with E-state index in [0.717, 1.165) is 11.1 Å². The minimum atomic E-state index is -1.20. The van der Waals surface area contributed by atoms with Gasteiger partial charge < -0.3 is 10.6 Å². The number of anilines is 1. The molecule has 1 aromatic rings. The van der Waals surface area contributed by atoms with Crippen molar-refractivity contribution in [2.24, 2.45) is 5.41 Å². The summed E-state index contributed by atoms with van der Waals surface area (Å²) in [4.78, 5) is 24.9. The van der Waals surface area contributed by atoms with Crippen molar-refractivity contribution in [3.63, 3.8) is 0 Å². The van der Waals surface area contributed by atoms with Gasteiger partial charge in [0.15, 0.2) is 0 Å². The maximum absolute atomic E-state index is 12.5. The Hall–Kier alpha value is -1.55. The van der Waals surface area contributed by atoms with Gasteiger partial charge in [-0.2, -0.15) is 0 Å². The van der Waals surface area contributed by atoms with Crippen LogP contribution in [0.15, 0.2) is 12.1 Å². The van der Waals surface area contributed by atoms with Crippen molar-refractivity contribution in [2.45, 2.75) is 54.0 Å². The molecule has 122 valence electrons. The number of amides is 2. The van der Waals surface area contributed by atoms with Gasteiger partial charge in [-0.15, -0.1) is 0 Å². The number of hydrogen-bond acceptors (Lipinski definition) is 2. The van der Waals surface area contributed by atoms with Crippen LogP contribution in [0.2, 0.25) is 5.02 Å². The zero-order valence-corrected chi connectivity index (χ0v) is 15.1. The standard InChI is InChI=1S/C17H25ClN2O2/c1-10-8-11(2)13(12(18)9-10)19-14(21)17(6,7)15(22)20-16(3,4)5/h8-9H,1-7H3,(H,19,21)(H,20,22). The second-order valence-corrected chi connectivity index (χ2v) is 7.63. The van der Waals surface area contributed by atoms with Crippen LogP contribution in [0.3, 0.4) is 0 Å². The summed E-state index contributed by atoms with van der Waals surface area (Å²) >= 11 is 6.20. The van der Waals surface area contributed by atoms with Crippen LogP contribution >= 0.6 is 11.6 Å². The Labute approximate surface area is 137 Å². The molecule has 1 aromatic carbocycles. The third-order valence-corrected chi connectivity index (χ3v) is 3.59. The van der Waals surface area contributed by atoms with Crippen molar-refractivity contribution in [2.75, 3.05) is 5.32 Å². The summed E-state index contributed by atoms with van der Waals surface area (Å²) in [5.74, 6) is -0.707. The molecule has 0 aliphatic rings. The van der Waals surface area contributed by atoms with Crippen LogP contribution in [0, 0.1) is 19.3 Å². The normalized spacial score (nSPS) is 12.0. The molecule has 2 amide bonds. The highest BCUT2D eigenvalue weighted by Crippen LogP contribution is 2.29. The Bertz CT molecular complexity index is 578. The molecule has 0 bridgehead atoms. The van der Waals surface area contributed by atoms with Gasteiger partial charge in [0.25, 0.3) is 0 Å². The fourth-order valence-corrected chi connectivity index (χ4v) is 2.31. The van der Waals surface area contributed by atoms with Gasteiger partial charge in [0.1, 0.15) is 5.41 Å². The number of carbonyl (C=O) groups excluding carboxylic acids is 2. The van der Waals surface area contributed by atoms with Crippen LogP contribution in [-0.2, 0) is 9.59 Å². The number of carbonyl (C=O) groups is 2. The Morgan fingerprint density at radius 2 is 1.55 bits per heavy atom. The molecule has 0 spiro atoms. The fraction of sp³-hybridized carbons (Fsp3) is 0.529. The van der Waals surface area contributed by atoms with E-state index in [1.54, 1.807) is 19.9 Å². The van der Waals surface area contributed by atoms with Crippen LogP contribution in [0.25, 0.3) is 0 Å². The van der Waals surface area contributed by atoms with Crippen LogP contribution in [-0.4, -0.2) is 17.4 Å². The van der Waals surface area contributed by atoms with Gasteiger partial charge in [0.05, 0.1) is 10.7 Å². The smallest absolute Gasteiger partial charge is 0.239 e. The zero-order valence-electron chi connectivity index (χ0n) is 14.3. The summed E-state index contributed by atoms with van der Waals surface area (Å²) in [7, 11) is 0. The van der Waals surface area contributed by atoms with Gasteiger partial charge in [-0.1, -0.05) is 17.7 Å². The summed E-state index contributed by atoms with van der Waals surface area (Å²) in [6.45, 7) is 12.6. The van der Waals surface area contributed by atoms with Gasteiger partial charge >= 0.3 is 0 Å². The van der Waals surface area contributed by atoms with Crippen molar-refractivity contribution in [1.82, 2.24) is 5.32 Å². The maximum atomic E-state index is 12.5. The molecule has 0 unspecified atom stereocenters. The first-order chi connectivity index (χ1) is 9.84. The third kappa shape index (κ3) is 4.47. The highest BCUT2D eigenvalue weighted by Gasteiger charge is 2.38. The largest absolute Gasteiger partial charge is 0.351 e. The molecule has 0 aliphatic carbocycles. The monoisotopic (exact) mass is 324 g/mol. The molecule has 5 heteroatoms. The predicted octanol–water partition coefficient (Wildman–Crippen LogP) is 3.84. The summed E-state index contributed by atoms with van der Waals surface area (Å²) in [5, 5.41) is 6.08. The van der Waals surface area contributed by atoms with Crippen molar-refractivity contribution >= 4 is 29.1 Å².